The maximum atomic E-state index is 12.5. The van der Waals surface area contributed by atoms with Gasteiger partial charge in [0, 0.05) is 25.6 Å². The van der Waals surface area contributed by atoms with Crippen LogP contribution in [0.4, 0.5) is 0 Å². The summed E-state index contributed by atoms with van der Waals surface area (Å²) >= 11 is 0. The molecular weight excluding hydrogens is 254 g/mol. The fourth-order valence-corrected chi connectivity index (χ4v) is 3.55. The SMILES string of the molecule is CC(C)NC(=O)CCNC(=O)[C@@]12CCCC[C@H]1CNC2. The summed E-state index contributed by atoms with van der Waals surface area (Å²) in [5.74, 6) is 0.618. The Morgan fingerprint density at radius 1 is 1.35 bits per heavy atom. The fraction of sp³-hybridized carbons (Fsp3) is 0.867. The molecule has 1 saturated carbocycles. The van der Waals surface area contributed by atoms with Gasteiger partial charge in [0.2, 0.25) is 11.8 Å². The van der Waals surface area contributed by atoms with E-state index < -0.39 is 0 Å². The normalized spacial score (nSPS) is 29.1. The van der Waals surface area contributed by atoms with Gasteiger partial charge in [-0.2, -0.15) is 0 Å². The summed E-state index contributed by atoms with van der Waals surface area (Å²) in [5.41, 5.74) is -0.216. The molecule has 20 heavy (non-hydrogen) atoms. The van der Waals surface area contributed by atoms with Crippen molar-refractivity contribution in [3.63, 3.8) is 0 Å². The van der Waals surface area contributed by atoms with Crippen LogP contribution >= 0.6 is 0 Å². The lowest BCUT2D eigenvalue weighted by Crippen LogP contribution is -2.48. The zero-order valence-corrected chi connectivity index (χ0v) is 12.6. The first-order valence-corrected chi connectivity index (χ1v) is 7.83. The van der Waals surface area contributed by atoms with Crippen LogP contribution in [0.1, 0.15) is 46.0 Å². The first-order chi connectivity index (χ1) is 9.54. The molecule has 5 heteroatoms. The second-order valence-electron chi connectivity index (χ2n) is 6.46. The van der Waals surface area contributed by atoms with Crippen LogP contribution in [0.15, 0.2) is 0 Å². The van der Waals surface area contributed by atoms with Crippen LogP contribution in [0.3, 0.4) is 0 Å². The van der Waals surface area contributed by atoms with E-state index in [0.29, 0.717) is 18.9 Å². The molecule has 1 aliphatic heterocycles. The van der Waals surface area contributed by atoms with Gasteiger partial charge in [-0.15, -0.1) is 0 Å². The molecule has 2 aliphatic rings. The lowest BCUT2D eigenvalue weighted by Gasteiger charge is -2.37. The van der Waals surface area contributed by atoms with Crippen LogP contribution in [0.5, 0.6) is 0 Å². The molecule has 0 aromatic rings. The van der Waals surface area contributed by atoms with E-state index in [2.05, 4.69) is 16.0 Å². The summed E-state index contributed by atoms with van der Waals surface area (Å²) in [6.45, 7) is 6.06. The average molecular weight is 281 g/mol. The van der Waals surface area contributed by atoms with Gasteiger partial charge in [0.1, 0.15) is 0 Å². The van der Waals surface area contributed by atoms with E-state index in [-0.39, 0.29) is 23.3 Å². The van der Waals surface area contributed by atoms with Crippen LogP contribution in [0.25, 0.3) is 0 Å². The van der Waals surface area contributed by atoms with Gasteiger partial charge in [-0.3, -0.25) is 9.59 Å². The lowest BCUT2D eigenvalue weighted by atomic mass is 9.67. The van der Waals surface area contributed by atoms with E-state index in [4.69, 9.17) is 0 Å². The smallest absolute Gasteiger partial charge is 0.227 e. The predicted octanol–water partition coefficient (Wildman–Crippen LogP) is 0.797. The topological polar surface area (TPSA) is 70.2 Å². The van der Waals surface area contributed by atoms with E-state index >= 15 is 0 Å². The zero-order chi connectivity index (χ0) is 14.6. The Balaban J connectivity index is 1.81. The quantitative estimate of drug-likeness (QED) is 0.698. The Hall–Kier alpha value is -1.10. The Morgan fingerprint density at radius 3 is 2.90 bits per heavy atom. The fourth-order valence-electron chi connectivity index (χ4n) is 3.55. The predicted molar refractivity (Wildman–Crippen MR) is 78.2 cm³/mol. The van der Waals surface area contributed by atoms with Crippen LogP contribution in [0, 0.1) is 11.3 Å². The van der Waals surface area contributed by atoms with E-state index in [0.717, 1.165) is 32.4 Å². The maximum absolute atomic E-state index is 12.5. The Bertz CT molecular complexity index is 370. The molecule has 3 N–H and O–H groups in total. The van der Waals surface area contributed by atoms with Gasteiger partial charge >= 0.3 is 0 Å². The first-order valence-electron chi connectivity index (χ1n) is 7.83. The van der Waals surface area contributed by atoms with Gasteiger partial charge in [0.25, 0.3) is 0 Å². The summed E-state index contributed by atoms with van der Waals surface area (Å²) in [6, 6.07) is 0.151. The summed E-state index contributed by atoms with van der Waals surface area (Å²) in [4.78, 5) is 24.1. The monoisotopic (exact) mass is 281 g/mol. The number of nitrogens with one attached hydrogen (secondary N) is 3. The molecule has 114 valence electrons. The highest BCUT2D eigenvalue weighted by Crippen LogP contribution is 2.43. The minimum absolute atomic E-state index is 0.00235. The summed E-state index contributed by atoms with van der Waals surface area (Å²) in [6.07, 6.45) is 4.86. The number of carbonyl (C=O) groups is 2. The van der Waals surface area contributed by atoms with Crippen LogP contribution in [-0.2, 0) is 9.59 Å². The molecular formula is C15H27N3O2. The standard InChI is InChI=1S/C15H27N3O2/c1-11(2)18-13(19)6-8-17-14(20)15-7-4-3-5-12(15)9-16-10-15/h11-12,16H,3-10H2,1-2H3,(H,17,20)(H,18,19)/t12-,15+/m0/s1. The highest BCUT2D eigenvalue weighted by molar-refractivity contribution is 5.84. The molecule has 0 radical (unpaired) electrons. The molecule has 0 unspecified atom stereocenters. The van der Waals surface area contributed by atoms with Crippen LogP contribution in [-0.4, -0.2) is 37.5 Å². The third-order valence-electron chi connectivity index (χ3n) is 4.58. The lowest BCUT2D eigenvalue weighted by molar-refractivity contribution is -0.134. The van der Waals surface area contributed by atoms with Crippen LogP contribution in [0.2, 0.25) is 0 Å². The summed E-state index contributed by atoms with van der Waals surface area (Å²) < 4.78 is 0. The highest BCUT2D eigenvalue weighted by Gasteiger charge is 2.49. The Kier molecular flexibility index (Phi) is 5.02. The van der Waals surface area contributed by atoms with Crippen molar-refractivity contribution in [2.75, 3.05) is 19.6 Å². The van der Waals surface area contributed by atoms with Crippen molar-refractivity contribution < 1.29 is 9.59 Å². The molecule has 1 heterocycles. The van der Waals surface area contributed by atoms with E-state index in [1.807, 2.05) is 13.8 Å². The largest absolute Gasteiger partial charge is 0.355 e. The zero-order valence-electron chi connectivity index (χ0n) is 12.6. The molecule has 0 bridgehead atoms. The molecule has 0 aromatic carbocycles. The molecule has 1 aliphatic carbocycles. The van der Waals surface area contributed by atoms with Crippen LogP contribution < -0.4 is 16.0 Å². The number of rotatable bonds is 5. The third kappa shape index (κ3) is 3.32. The first kappa shape index (κ1) is 15.3. The maximum Gasteiger partial charge on any atom is 0.227 e. The highest BCUT2D eigenvalue weighted by atomic mass is 16.2. The van der Waals surface area contributed by atoms with Crippen molar-refractivity contribution in [1.82, 2.24) is 16.0 Å². The third-order valence-corrected chi connectivity index (χ3v) is 4.58. The molecule has 2 rings (SSSR count). The number of amides is 2. The summed E-state index contributed by atoms with van der Waals surface area (Å²) in [5, 5.41) is 9.19. The average Bonchev–Trinajstić information content (AvgIpc) is 2.82. The van der Waals surface area contributed by atoms with Gasteiger partial charge in [0.05, 0.1) is 5.41 Å². The number of carbonyl (C=O) groups excluding carboxylic acids is 2. The Labute approximate surface area is 121 Å². The van der Waals surface area contributed by atoms with E-state index in [1.54, 1.807) is 0 Å². The van der Waals surface area contributed by atoms with Gasteiger partial charge in [-0.1, -0.05) is 12.8 Å². The number of fused-ring (bicyclic) bond motifs is 1. The molecule has 2 amide bonds. The van der Waals surface area contributed by atoms with Crippen molar-refractivity contribution >= 4 is 11.8 Å². The van der Waals surface area contributed by atoms with Gasteiger partial charge in [-0.05, 0) is 39.2 Å². The van der Waals surface area contributed by atoms with Gasteiger partial charge in [-0.25, -0.2) is 0 Å². The number of hydrogen-bond donors (Lipinski definition) is 3. The second-order valence-corrected chi connectivity index (χ2v) is 6.46. The van der Waals surface area contributed by atoms with Crippen molar-refractivity contribution in [3.05, 3.63) is 0 Å². The van der Waals surface area contributed by atoms with Crippen molar-refractivity contribution in [1.29, 1.82) is 0 Å². The van der Waals surface area contributed by atoms with Crippen molar-refractivity contribution in [2.24, 2.45) is 11.3 Å². The molecule has 0 aromatic heterocycles. The molecule has 2 fully saturated rings. The van der Waals surface area contributed by atoms with Gasteiger partial charge < -0.3 is 16.0 Å². The molecule has 5 nitrogen and oxygen atoms in total. The van der Waals surface area contributed by atoms with E-state index in [9.17, 15) is 9.59 Å². The van der Waals surface area contributed by atoms with Crippen molar-refractivity contribution in [3.8, 4) is 0 Å². The number of hydrogen-bond acceptors (Lipinski definition) is 3. The second kappa shape index (κ2) is 6.57. The van der Waals surface area contributed by atoms with Crippen molar-refractivity contribution in [2.45, 2.75) is 52.0 Å². The minimum atomic E-state index is -0.216. The molecule has 2 atom stereocenters. The van der Waals surface area contributed by atoms with E-state index in [1.165, 1.54) is 6.42 Å². The van der Waals surface area contributed by atoms with Gasteiger partial charge in [0.15, 0.2) is 0 Å². The Morgan fingerprint density at radius 2 is 2.15 bits per heavy atom. The molecule has 0 spiro atoms. The minimum Gasteiger partial charge on any atom is -0.355 e. The molecule has 1 saturated heterocycles. The summed E-state index contributed by atoms with van der Waals surface area (Å²) in [7, 11) is 0.